The summed E-state index contributed by atoms with van der Waals surface area (Å²) in [5.74, 6) is 0. The van der Waals surface area contributed by atoms with Crippen molar-refractivity contribution in [2.75, 3.05) is 6.61 Å². The Bertz CT molecular complexity index is 134. The average molecular weight is 224 g/mol. The minimum absolute atomic E-state index is 0.0356. The molecule has 0 spiro atoms. The van der Waals surface area contributed by atoms with Crippen molar-refractivity contribution >= 4 is 20.4 Å². The molecular weight excluding hydrogens is 216 g/mol. The van der Waals surface area contributed by atoms with Gasteiger partial charge in [0.25, 0.3) is 0 Å². The molecule has 1 aromatic heterocycles. The fourth-order valence-corrected chi connectivity index (χ4v) is 2.56. The second-order valence-electron chi connectivity index (χ2n) is 1.55. The SMILES string of the molecule is OCCc1ccc[te]1. The topological polar surface area (TPSA) is 20.2 Å². The molecule has 0 aliphatic rings. The molecular formula is C6H8OTe. The van der Waals surface area contributed by atoms with Gasteiger partial charge in [0.05, 0.1) is 0 Å². The molecule has 0 aliphatic carbocycles. The van der Waals surface area contributed by atoms with Gasteiger partial charge in [0, 0.05) is 0 Å². The van der Waals surface area contributed by atoms with Crippen LogP contribution in [0.2, 0.25) is 0 Å². The molecule has 0 bridgehead atoms. The van der Waals surface area contributed by atoms with Crippen LogP contribution >= 0.6 is 0 Å². The van der Waals surface area contributed by atoms with Gasteiger partial charge in [0.1, 0.15) is 0 Å². The van der Waals surface area contributed by atoms with Crippen LogP contribution in [0.15, 0.2) is 16.2 Å². The summed E-state index contributed by atoms with van der Waals surface area (Å²) in [4.78, 5) is 0. The fraction of sp³-hybridized carbons (Fsp3) is 0.333. The molecule has 0 fully saturated rings. The van der Waals surface area contributed by atoms with Crippen molar-refractivity contribution in [1.29, 1.82) is 0 Å². The molecule has 1 heterocycles. The second-order valence-corrected chi connectivity index (χ2v) is 4.50. The number of hydrogen-bond acceptors (Lipinski definition) is 1. The third-order valence-corrected chi connectivity index (χ3v) is 3.61. The molecule has 1 nitrogen and oxygen atoms in total. The van der Waals surface area contributed by atoms with Crippen LogP contribution in [0, 0.1) is 0 Å². The van der Waals surface area contributed by atoms with Crippen LogP contribution in [0.25, 0.3) is 0 Å². The Morgan fingerprint density at radius 2 is 2.50 bits per heavy atom. The molecule has 2 heteroatoms. The van der Waals surface area contributed by atoms with Crippen LogP contribution in [-0.4, -0.2) is 32.1 Å². The minimum atomic E-state index is 0.0356. The summed E-state index contributed by atoms with van der Waals surface area (Å²) in [7, 11) is 0. The molecule has 1 aromatic rings. The Balaban J connectivity index is 2.50. The summed E-state index contributed by atoms with van der Waals surface area (Å²) in [6.07, 6.45) is 0.898. The summed E-state index contributed by atoms with van der Waals surface area (Å²) in [5, 5.41) is 8.48. The molecule has 44 valence electrons. The number of aliphatic hydroxyl groups is 1. The zero-order valence-corrected chi connectivity index (χ0v) is 6.83. The van der Waals surface area contributed by atoms with Crippen molar-refractivity contribution in [1.82, 2.24) is 0 Å². The van der Waals surface area contributed by atoms with E-state index in [1.54, 1.807) is 0 Å². The van der Waals surface area contributed by atoms with Crippen molar-refractivity contribution in [3.8, 4) is 0 Å². The van der Waals surface area contributed by atoms with E-state index in [4.69, 9.17) is 5.11 Å². The van der Waals surface area contributed by atoms with Crippen LogP contribution in [0.5, 0.6) is 0 Å². The van der Waals surface area contributed by atoms with E-state index in [-0.39, 0.29) is 20.4 Å². The first kappa shape index (κ1) is 6.35. The van der Waals surface area contributed by atoms with Crippen molar-refractivity contribution in [2.24, 2.45) is 0 Å². The Morgan fingerprint density at radius 3 is 3.00 bits per heavy atom. The Morgan fingerprint density at radius 1 is 1.62 bits per heavy atom. The fourth-order valence-electron chi connectivity index (χ4n) is 0.565. The Hall–Kier alpha value is 0.230. The zero-order valence-electron chi connectivity index (χ0n) is 4.50. The molecule has 0 radical (unpaired) electrons. The predicted octanol–water partition coefficient (Wildman–Crippen LogP) is 0.278. The van der Waals surface area contributed by atoms with Crippen molar-refractivity contribution < 1.29 is 5.11 Å². The summed E-state index contributed by atoms with van der Waals surface area (Å²) in [6.45, 7) is 0.318. The van der Waals surface area contributed by atoms with E-state index in [9.17, 15) is 0 Å². The molecule has 0 saturated carbocycles. The first-order valence-corrected chi connectivity index (χ1v) is 5.08. The molecule has 0 unspecified atom stereocenters. The maximum absolute atomic E-state index is 8.48. The number of rotatable bonds is 2. The molecule has 0 atom stereocenters. The van der Waals surface area contributed by atoms with Gasteiger partial charge in [-0.15, -0.1) is 0 Å². The van der Waals surface area contributed by atoms with E-state index >= 15 is 0 Å². The van der Waals surface area contributed by atoms with E-state index in [0.717, 1.165) is 6.42 Å². The second kappa shape index (κ2) is 3.29. The van der Waals surface area contributed by atoms with Crippen LogP contribution in [0.1, 0.15) is 3.58 Å². The van der Waals surface area contributed by atoms with E-state index in [1.165, 1.54) is 3.58 Å². The van der Waals surface area contributed by atoms with Gasteiger partial charge in [-0.1, -0.05) is 0 Å². The van der Waals surface area contributed by atoms with Gasteiger partial charge in [-0.05, 0) is 0 Å². The van der Waals surface area contributed by atoms with Crippen LogP contribution < -0.4 is 0 Å². The van der Waals surface area contributed by atoms with Gasteiger partial charge in [-0.3, -0.25) is 0 Å². The molecule has 8 heavy (non-hydrogen) atoms. The first-order chi connectivity index (χ1) is 3.93. The van der Waals surface area contributed by atoms with Crippen molar-refractivity contribution in [2.45, 2.75) is 6.42 Å². The predicted molar refractivity (Wildman–Crippen MR) is 34.2 cm³/mol. The summed E-state index contributed by atoms with van der Waals surface area (Å²) < 4.78 is 3.70. The van der Waals surface area contributed by atoms with E-state index in [2.05, 4.69) is 16.2 Å². The summed E-state index contributed by atoms with van der Waals surface area (Å²) in [5.41, 5.74) is 0. The van der Waals surface area contributed by atoms with Crippen LogP contribution in [-0.2, 0) is 6.42 Å². The Kier molecular flexibility index (Phi) is 2.61. The van der Waals surface area contributed by atoms with Gasteiger partial charge in [-0.2, -0.15) is 0 Å². The molecule has 1 N–H and O–H groups in total. The molecule has 0 amide bonds. The van der Waals surface area contributed by atoms with Crippen molar-refractivity contribution in [3.63, 3.8) is 0 Å². The Labute approximate surface area is 58.6 Å². The van der Waals surface area contributed by atoms with Crippen molar-refractivity contribution in [3.05, 3.63) is 19.8 Å². The van der Waals surface area contributed by atoms with Gasteiger partial charge < -0.3 is 0 Å². The number of aliphatic hydroxyl groups excluding tert-OH is 1. The van der Waals surface area contributed by atoms with Crippen LogP contribution in [0.4, 0.5) is 0 Å². The number of hydrogen-bond donors (Lipinski definition) is 1. The quantitative estimate of drug-likeness (QED) is 0.715. The standard InChI is InChI=1S/C6H8OTe/c7-4-3-6-2-1-5-8-6/h1-2,5,7H,3-4H2. The molecule has 0 aromatic carbocycles. The third-order valence-electron chi connectivity index (χ3n) is 0.938. The average Bonchev–Trinajstić information content (AvgIpc) is 2.19. The molecule has 0 saturated heterocycles. The van der Waals surface area contributed by atoms with E-state index in [0.29, 0.717) is 6.61 Å². The van der Waals surface area contributed by atoms with Gasteiger partial charge in [0.15, 0.2) is 0 Å². The molecule has 1 rings (SSSR count). The normalized spacial score (nSPS) is 9.62. The van der Waals surface area contributed by atoms with Crippen LogP contribution in [0.3, 0.4) is 0 Å². The molecule has 0 aliphatic heterocycles. The first-order valence-electron chi connectivity index (χ1n) is 2.56. The zero-order chi connectivity index (χ0) is 5.82. The maximum atomic E-state index is 8.48. The summed E-state index contributed by atoms with van der Waals surface area (Å²) in [6, 6.07) is 4.21. The van der Waals surface area contributed by atoms with E-state index in [1.807, 2.05) is 0 Å². The van der Waals surface area contributed by atoms with Gasteiger partial charge in [-0.25, -0.2) is 0 Å². The third kappa shape index (κ3) is 1.63. The van der Waals surface area contributed by atoms with E-state index < -0.39 is 0 Å². The van der Waals surface area contributed by atoms with Gasteiger partial charge >= 0.3 is 58.4 Å². The summed E-state index contributed by atoms with van der Waals surface area (Å²) >= 11 is 0.0356. The van der Waals surface area contributed by atoms with Gasteiger partial charge in [0.2, 0.25) is 0 Å². The monoisotopic (exact) mass is 226 g/mol.